The summed E-state index contributed by atoms with van der Waals surface area (Å²) in [4.78, 5) is 25.4. The summed E-state index contributed by atoms with van der Waals surface area (Å²) in [5, 5.41) is 0. The van der Waals surface area contributed by atoms with E-state index in [1.54, 1.807) is 39.1 Å². The molecule has 0 saturated heterocycles. The number of carbonyl (C=O) groups is 2. The number of carbonyl (C=O) groups excluding carboxylic acids is 2. The van der Waals surface area contributed by atoms with Gasteiger partial charge in [-0.05, 0) is 18.2 Å². The molecule has 102 valence electrons. The minimum atomic E-state index is -0.619. The molecule has 0 unspecified atom stereocenters. The second-order valence-electron chi connectivity index (χ2n) is 5.34. The highest BCUT2D eigenvalue weighted by Gasteiger charge is 2.29. The third-order valence-corrected chi connectivity index (χ3v) is 3.43. The zero-order chi connectivity index (χ0) is 14.2. The van der Waals surface area contributed by atoms with Crippen molar-refractivity contribution in [3.63, 3.8) is 0 Å². The maximum absolute atomic E-state index is 12.3. The predicted octanol–water partition coefficient (Wildman–Crippen LogP) is 1.21. The second kappa shape index (κ2) is 4.66. The van der Waals surface area contributed by atoms with E-state index in [1.807, 2.05) is 0 Å². The smallest absolute Gasteiger partial charge is 0.264 e. The Labute approximate surface area is 112 Å². The summed E-state index contributed by atoms with van der Waals surface area (Å²) in [6.45, 7) is 3.92. The highest BCUT2D eigenvalue weighted by atomic mass is 16.5. The Morgan fingerprint density at radius 3 is 2.79 bits per heavy atom. The van der Waals surface area contributed by atoms with E-state index in [0.29, 0.717) is 17.0 Å². The molecule has 1 aromatic rings. The topological polar surface area (TPSA) is 72.6 Å². The molecule has 5 heteroatoms. The van der Waals surface area contributed by atoms with E-state index in [2.05, 4.69) is 0 Å². The number of Topliss-reactive ketones (excluding diaryl/α,β-unsaturated/α-hetero) is 1. The molecule has 0 bridgehead atoms. The first kappa shape index (κ1) is 13.5. The van der Waals surface area contributed by atoms with Crippen molar-refractivity contribution in [2.75, 3.05) is 25.1 Å². The molecular weight excluding hydrogens is 244 g/mol. The standard InChI is InChI=1S/C14H18N2O3/c1-14(2,8-15)13(18)9-4-5-11-10(6-9)16(3)12(17)7-19-11/h4-6H,7-8,15H2,1-3H3. The molecule has 0 atom stereocenters. The molecule has 2 N–H and O–H groups in total. The van der Waals surface area contributed by atoms with Crippen LogP contribution >= 0.6 is 0 Å². The van der Waals surface area contributed by atoms with Gasteiger partial charge >= 0.3 is 0 Å². The molecule has 0 saturated carbocycles. The molecule has 1 aliphatic heterocycles. The van der Waals surface area contributed by atoms with Gasteiger partial charge < -0.3 is 15.4 Å². The summed E-state index contributed by atoms with van der Waals surface area (Å²) in [5.41, 5.74) is 6.16. The molecule has 5 nitrogen and oxygen atoms in total. The van der Waals surface area contributed by atoms with E-state index < -0.39 is 5.41 Å². The molecule has 1 aromatic carbocycles. The fraction of sp³-hybridized carbons (Fsp3) is 0.429. The minimum absolute atomic E-state index is 0.0328. The number of hydrogen-bond acceptors (Lipinski definition) is 4. The minimum Gasteiger partial charge on any atom is -0.482 e. The van der Waals surface area contributed by atoms with Crippen LogP contribution in [0.3, 0.4) is 0 Å². The summed E-state index contributed by atoms with van der Waals surface area (Å²) in [7, 11) is 1.67. The molecule has 0 spiro atoms. The summed E-state index contributed by atoms with van der Waals surface area (Å²) in [6.07, 6.45) is 0. The van der Waals surface area contributed by atoms with E-state index in [-0.39, 0.29) is 24.8 Å². The van der Waals surface area contributed by atoms with E-state index in [1.165, 1.54) is 4.90 Å². The molecule has 0 radical (unpaired) electrons. The van der Waals surface area contributed by atoms with Crippen molar-refractivity contribution >= 4 is 17.4 Å². The van der Waals surface area contributed by atoms with Crippen molar-refractivity contribution in [3.8, 4) is 5.75 Å². The average Bonchev–Trinajstić information content (AvgIpc) is 2.42. The Morgan fingerprint density at radius 2 is 2.16 bits per heavy atom. The third kappa shape index (κ3) is 2.33. The van der Waals surface area contributed by atoms with Crippen LogP contribution in [-0.4, -0.2) is 31.9 Å². The van der Waals surface area contributed by atoms with Gasteiger partial charge in [-0.2, -0.15) is 0 Å². The van der Waals surface area contributed by atoms with Gasteiger partial charge in [0.05, 0.1) is 5.69 Å². The van der Waals surface area contributed by atoms with Gasteiger partial charge in [0.2, 0.25) is 0 Å². The number of likely N-dealkylation sites (N-methyl/N-ethyl adjacent to an activating group) is 1. The van der Waals surface area contributed by atoms with E-state index in [9.17, 15) is 9.59 Å². The van der Waals surface area contributed by atoms with Crippen LogP contribution in [0.2, 0.25) is 0 Å². The van der Waals surface area contributed by atoms with Gasteiger partial charge in [0.15, 0.2) is 12.4 Å². The first-order valence-electron chi connectivity index (χ1n) is 6.15. The largest absolute Gasteiger partial charge is 0.482 e. The number of nitrogens with zero attached hydrogens (tertiary/aromatic N) is 1. The first-order valence-corrected chi connectivity index (χ1v) is 6.15. The molecule has 1 aliphatic rings. The Kier molecular flexibility index (Phi) is 3.32. The number of nitrogens with two attached hydrogens (primary N) is 1. The number of ether oxygens (including phenoxy) is 1. The van der Waals surface area contributed by atoms with Crippen molar-refractivity contribution in [1.82, 2.24) is 0 Å². The average molecular weight is 262 g/mol. The zero-order valence-corrected chi connectivity index (χ0v) is 11.4. The normalized spacial score (nSPS) is 14.9. The van der Waals surface area contributed by atoms with Gasteiger partial charge in [0.1, 0.15) is 5.75 Å². The summed E-state index contributed by atoms with van der Waals surface area (Å²) in [5.74, 6) is 0.448. The lowest BCUT2D eigenvalue weighted by atomic mass is 9.84. The lowest BCUT2D eigenvalue weighted by Crippen LogP contribution is -2.36. The predicted molar refractivity (Wildman–Crippen MR) is 72.5 cm³/mol. The van der Waals surface area contributed by atoms with Gasteiger partial charge in [-0.25, -0.2) is 0 Å². The van der Waals surface area contributed by atoms with Gasteiger partial charge in [-0.1, -0.05) is 13.8 Å². The number of fused-ring (bicyclic) bond motifs is 1. The lowest BCUT2D eigenvalue weighted by Gasteiger charge is -2.27. The van der Waals surface area contributed by atoms with E-state index in [4.69, 9.17) is 10.5 Å². The quantitative estimate of drug-likeness (QED) is 0.831. The summed E-state index contributed by atoms with van der Waals surface area (Å²) in [6, 6.07) is 5.12. The Hall–Kier alpha value is -1.88. The fourth-order valence-corrected chi connectivity index (χ4v) is 1.90. The van der Waals surface area contributed by atoms with E-state index >= 15 is 0 Å². The van der Waals surface area contributed by atoms with Crippen LogP contribution in [0.1, 0.15) is 24.2 Å². The molecule has 1 amide bonds. The molecule has 0 aromatic heterocycles. The highest BCUT2D eigenvalue weighted by Crippen LogP contribution is 2.33. The van der Waals surface area contributed by atoms with Crippen LogP contribution < -0.4 is 15.4 Å². The summed E-state index contributed by atoms with van der Waals surface area (Å²) < 4.78 is 5.33. The van der Waals surface area contributed by atoms with E-state index in [0.717, 1.165) is 0 Å². The maximum atomic E-state index is 12.3. The monoisotopic (exact) mass is 262 g/mol. The van der Waals surface area contributed by atoms with Crippen LogP contribution in [0.4, 0.5) is 5.69 Å². The second-order valence-corrected chi connectivity index (χ2v) is 5.34. The van der Waals surface area contributed by atoms with Crippen LogP contribution in [0.25, 0.3) is 0 Å². The van der Waals surface area contributed by atoms with Gasteiger partial charge in [-0.3, -0.25) is 9.59 Å². The third-order valence-electron chi connectivity index (χ3n) is 3.43. The van der Waals surface area contributed by atoms with Gasteiger partial charge in [0, 0.05) is 24.6 Å². The molecule has 1 heterocycles. The molecular formula is C14H18N2O3. The van der Waals surface area contributed by atoms with Gasteiger partial charge in [-0.15, -0.1) is 0 Å². The van der Waals surface area contributed by atoms with Crippen molar-refractivity contribution in [1.29, 1.82) is 0 Å². The molecule has 2 rings (SSSR count). The Balaban J connectivity index is 2.41. The number of rotatable bonds is 3. The number of anilines is 1. The number of hydrogen-bond donors (Lipinski definition) is 1. The Morgan fingerprint density at radius 1 is 1.47 bits per heavy atom. The summed E-state index contributed by atoms with van der Waals surface area (Å²) >= 11 is 0. The molecule has 0 aliphatic carbocycles. The van der Waals surface area contributed by atoms with Gasteiger partial charge in [0.25, 0.3) is 5.91 Å². The van der Waals surface area contributed by atoms with Crippen molar-refractivity contribution in [2.24, 2.45) is 11.1 Å². The first-order chi connectivity index (χ1) is 8.86. The fourth-order valence-electron chi connectivity index (χ4n) is 1.90. The number of ketones is 1. The molecule has 19 heavy (non-hydrogen) atoms. The molecule has 0 fully saturated rings. The Bertz CT molecular complexity index is 537. The number of amides is 1. The number of benzene rings is 1. The van der Waals surface area contributed by atoms with Crippen LogP contribution in [0.5, 0.6) is 5.75 Å². The van der Waals surface area contributed by atoms with Crippen molar-refractivity contribution in [3.05, 3.63) is 23.8 Å². The van der Waals surface area contributed by atoms with Crippen LogP contribution in [-0.2, 0) is 4.79 Å². The van der Waals surface area contributed by atoms with Crippen molar-refractivity contribution < 1.29 is 14.3 Å². The van der Waals surface area contributed by atoms with Crippen LogP contribution in [0, 0.1) is 5.41 Å². The zero-order valence-electron chi connectivity index (χ0n) is 11.4. The van der Waals surface area contributed by atoms with Crippen LogP contribution in [0.15, 0.2) is 18.2 Å². The SMILES string of the molecule is CN1C(=O)COc2ccc(C(=O)C(C)(C)CN)cc21. The maximum Gasteiger partial charge on any atom is 0.264 e. The lowest BCUT2D eigenvalue weighted by molar-refractivity contribution is -0.120. The highest BCUT2D eigenvalue weighted by molar-refractivity contribution is 6.03. The van der Waals surface area contributed by atoms with Crippen molar-refractivity contribution in [2.45, 2.75) is 13.8 Å².